The standard InChI is InChI=1S/C14H16FNO2/c1-10-6-14(18)16(8-10)9-13(17)7-11-2-4-12(15)5-3-11/h2-5,10H,6-9H2,1H3. The molecule has 1 unspecified atom stereocenters. The Morgan fingerprint density at radius 1 is 1.39 bits per heavy atom. The molecule has 96 valence electrons. The van der Waals surface area contributed by atoms with Gasteiger partial charge in [-0.2, -0.15) is 0 Å². The van der Waals surface area contributed by atoms with Crippen LogP contribution in [0.2, 0.25) is 0 Å². The first kappa shape index (κ1) is 12.7. The summed E-state index contributed by atoms with van der Waals surface area (Å²) >= 11 is 0. The molecule has 1 saturated heterocycles. The van der Waals surface area contributed by atoms with Crippen molar-refractivity contribution >= 4 is 11.7 Å². The lowest BCUT2D eigenvalue weighted by Gasteiger charge is -2.14. The summed E-state index contributed by atoms with van der Waals surface area (Å²) in [5, 5.41) is 0. The van der Waals surface area contributed by atoms with Gasteiger partial charge in [-0.15, -0.1) is 0 Å². The van der Waals surface area contributed by atoms with Gasteiger partial charge >= 0.3 is 0 Å². The van der Waals surface area contributed by atoms with E-state index in [-0.39, 0.29) is 30.5 Å². The molecule has 3 nitrogen and oxygen atoms in total. The Bertz CT molecular complexity index is 455. The van der Waals surface area contributed by atoms with E-state index in [9.17, 15) is 14.0 Å². The van der Waals surface area contributed by atoms with Gasteiger partial charge in [0.25, 0.3) is 0 Å². The smallest absolute Gasteiger partial charge is 0.223 e. The molecule has 1 atom stereocenters. The van der Waals surface area contributed by atoms with Crippen LogP contribution in [-0.2, 0) is 16.0 Å². The number of halogens is 1. The molecule has 0 spiro atoms. The van der Waals surface area contributed by atoms with Gasteiger partial charge in [-0.3, -0.25) is 9.59 Å². The summed E-state index contributed by atoms with van der Waals surface area (Å²) in [6.07, 6.45) is 0.780. The maximum atomic E-state index is 12.7. The Hall–Kier alpha value is -1.71. The van der Waals surface area contributed by atoms with E-state index in [0.29, 0.717) is 18.9 Å². The summed E-state index contributed by atoms with van der Waals surface area (Å²) in [5.41, 5.74) is 0.779. The van der Waals surface area contributed by atoms with Crippen molar-refractivity contribution in [3.8, 4) is 0 Å². The number of likely N-dealkylation sites (tertiary alicyclic amines) is 1. The number of carbonyl (C=O) groups is 2. The Morgan fingerprint density at radius 3 is 2.61 bits per heavy atom. The van der Waals surface area contributed by atoms with Crippen molar-refractivity contribution in [2.45, 2.75) is 19.8 Å². The molecule has 1 aromatic carbocycles. The molecule has 0 bridgehead atoms. The molecule has 1 heterocycles. The third kappa shape index (κ3) is 3.15. The van der Waals surface area contributed by atoms with Crippen molar-refractivity contribution in [2.75, 3.05) is 13.1 Å². The zero-order valence-electron chi connectivity index (χ0n) is 10.4. The highest BCUT2D eigenvalue weighted by atomic mass is 19.1. The highest BCUT2D eigenvalue weighted by molar-refractivity contribution is 5.88. The summed E-state index contributed by atoms with van der Waals surface area (Å²) in [6, 6.07) is 5.88. The van der Waals surface area contributed by atoms with Crippen LogP contribution in [0.1, 0.15) is 18.9 Å². The number of carbonyl (C=O) groups excluding carboxylic acids is 2. The Labute approximate surface area is 106 Å². The number of hydrogen-bond acceptors (Lipinski definition) is 2. The maximum absolute atomic E-state index is 12.7. The third-order valence-corrected chi connectivity index (χ3v) is 3.09. The minimum Gasteiger partial charge on any atom is -0.335 e. The number of Topliss-reactive ketones (excluding diaryl/α,β-unsaturated/α-hetero) is 1. The fraction of sp³-hybridized carbons (Fsp3) is 0.429. The van der Waals surface area contributed by atoms with Crippen molar-refractivity contribution in [1.82, 2.24) is 4.90 Å². The highest BCUT2D eigenvalue weighted by Crippen LogP contribution is 2.16. The molecule has 1 fully saturated rings. The van der Waals surface area contributed by atoms with Gasteiger partial charge in [0.15, 0.2) is 5.78 Å². The molecular weight excluding hydrogens is 233 g/mol. The summed E-state index contributed by atoms with van der Waals surface area (Å²) in [6.45, 7) is 2.83. The fourth-order valence-electron chi connectivity index (χ4n) is 2.22. The number of benzene rings is 1. The van der Waals surface area contributed by atoms with E-state index in [4.69, 9.17) is 0 Å². The minimum absolute atomic E-state index is 0.0101. The molecule has 1 amide bonds. The Morgan fingerprint density at radius 2 is 2.06 bits per heavy atom. The van der Waals surface area contributed by atoms with Crippen molar-refractivity contribution < 1.29 is 14.0 Å². The van der Waals surface area contributed by atoms with E-state index in [0.717, 1.165) is 5.56 Å². The average Bonchev–Trinajstić information content (AvgIpc) is 2.61. The predicted octanol–water partition coefficient (Wildman–Crippen LogP) is 1.81. The second-order valence-corrected chi connectivity index (χ2v) is 4.93. The molecule has 0 aromatic heterocycles. The third-order valence-electron chi connectivity index (χ3n) is 3.09. The molecule has 0 N–H and O–H groups in total. The van der Waals surface area contributed by atoms with Crippen LogP contribution in [0.5, 0.6) is 0 Å². The summed E-state index contributed by atoms with van der Waals surface area (Å²) < 4.78 is 12.7. The summed E-state index contributed by atoms with van der Waals surface area (Å²) in [7, 11) is 0. The number of hydrogen-bond donors (Lipinski definition) is 0. The van der Waals surface area contributed by atoms with Crippen LogP contribution in [0, 0.1) is 11.7 Å². The summed E-state index contributed by atoms with van der Waals surface area (Å²) in [4.78, 5) is 25.0. The maximum Gasteiger partial charge on any atom is 0.223 e. The molecule has 1 aliphatic heterocycles. The molecule has 1 aliphatic rings. The van der Waals surface area contributed by atoms with E-state index >= 15 is 0 Å². The van der Waals surface area contributed by atoms with Crippen LogP contribution in [0.15, 0.2) is 24.3 Å². The molecule has 4 heteroatoms. The molecule has 18 heavy (non-hydrogen) atoms. The van der Waals surface area contributed by atoms with Gasteiger partial charge in [-0.05, 0) is 23.6 Å². The first-order chi connectivity index (χ1) is 8.54. The van der Waals surface area contributed by atoms with E-state index in [1.807, 2.05) is 6.92 Å². The van der Waals surface area contributed by atoms with Crippen molar-refractivity contribution in [2.24, 2.45) is 5.92 Å². The van der Waals surface area contributed by atoms with Gasteiger partial charge < -0.3 is 4.90 Å². The lowest BCUT2D eigenvalue weighted by Crippen LogP contribution is -2.31. The second kappa shape index (κ2) is 5.29. The van der Waals surface area contributed by atoms with Gasteiger partial charge in [-0.1, -0.05) is 19.1 Å². The lowest BCUT2D eigenvalue weighted by molar-refractivity contribution is -0.132. The van der Waals surface area contributed by atoms with Crippen LogP contribution in [0.4, 0.5) is 4.39 Å². The van der Waals surface area contributed by atoms with E-state index in [1.165, 1.54) is 12.1 Å². The molecular formula is C14H16FNO2. The number of amides is 1. The zero-order valence-corrected chi connectivity index (χ0v) is 10.4. The zero-order chi connectivity index (χ0) is 13.1. The number of rotatable bonds is 4. The van der Waals surface area contributed by atoms with Crippen molar-refractivity contribution in [3.63, 3.8) is 0 Å². The minimum atomic E-state index is -0.310. The summed E-state index contributed by atoms with van der Waals surface area (Å²) in [5.74, 6) is 0.0601. The fourth-order valence-corrected chi connectivity index (χ4v) is 2.22. The predicted molar refractivity (Wildman–Crippen MR) is 65.5 cm³/mol. The van der Waals surface area contributed by atoms with Crippen molar-refractivity contribution in [1.29, 1.82) is 0 Å². The second-order valence-electron chi connectivity index (χ2n) is 4.93. The molecule has 2 rings (SSSR count). The van der Waals surface area contributed by atoms with Crippen LogP contribution >= 0.6 is 0 Å². The number of ketones is 1. The van der Waals surface area contributed by atoms with Gasteiger partial charge in [0.05, 0.1) is 6.54 Å². The van der Waals surface area contributed by atoms with Crippen LogP contribution < -0.4 is 0 Å². The molecule has 0 radical (unpaired) electrons. The number of nitrogens with zero attached hydrogens (tertiary/aromatic N) is 1. The van der Waals surface area contributed by atoms with Crippen LogP contribution in [0.3, 0.4) is 0 Å². The first-order valence-electron chi connectivity index (χ1n) is 6.08. The van der Waals surface area contributed by atoms with Gasteiger partial charge in [0.1, 0.15) is 5.82 Å². The van der Waals surface area contributed by atoms with E-state index < -0.39 is 0 Å². The van der Waals surface area contributed by atoms with Crippen molar-refractivity contribution in [3.05, 3.63) is 35.6 Å². The first-order valence-corrected chi connectivity index (χ1v) is 6.08. The van der Waals surface area contributed by atoms with E-state index in [1.54, 1.807) is 17.0 Å². The topological polar surface area (TPSA) is 37.4 Å². The molecule has 0 aliphatic carbocycles. The van der Waals surface area contributed by atoms with Crippen LogP contribution in [-0.4, -0.2) is 29.7 Å². The SMILES string of the molecule is CC1CC(=O)N(CC(=O)Cc2ccc(F)cc2)C1. The quantitative estimate of drug-likeness (QED) is 0.816. The highest BCUT2D eigenvalue weighted by Gasteiger charge is 2.27. The molecule has 0 saturated carbocycles. The Balaban J connectivity index is 1.89. The monoisotopic (exact) mass is 249 g/mol. The van der Waals surface area contributed by atoms with Gasteiger partial charge in [-0.25, -0.2) is 4.39 Å². The van der Waals surface area contributed by atoms with Gasteiger partial charge in [0.2, 0.25) is 5.91 Å². The molecule has 1 aromatic rings. The normalized spacial score (nSPS) is 19.3. The average molecular weight is 249 g/mol. The lowest BCUT2D eigenvalue weighted by atomic mass is 10.1. The van der Waals surface area contributed by atoms with Crippen LogP contribution in [0.25, 0.3) is 0 Å². The van der Waals surface area contributed by atoms with E-state index in [2.05, 4.69) is 0 Å². The Kier molecular flexibility index (Phi) is 3.75. The van der Waals surface area contributed by atoms with Gasteiger partial charge in [0, 0.05) is 19.4 Å². The largest absolute Gasteiger partial charge is 0.335 e.